The Morgan fingerprint density at radius 2 is 1.87 bits per heavy atom. The summed E-state index contributed by atoms with van der Waals surface area (Å²) in [5.41, 5.74) is 8.07. The van der Waals surface area contributed by atoms with Crippen molar-refractivity contribution >= 4 is 34.1 Å². The summed E-state index contributed by atoms with van der Waals surface area (Å²) in [6.07, 6.45) is 1.54. The summed E-state index contributed by atoms with van der Waals surface area (Å²) < 4.78 is 2.95. The van der Waals surface area contributed by atoms with Crippen LogP contribution in [0.1, 0.15) is 41.6 Å². The molecule has 0 aliphatic carbocycles. The van der Waals surface area contributed by atoms with Gasteiger partial charge in [0.2, 0.25) is 5.91 Å². The van der Waals surface area contributed by atoms with Gasteiger partial charge in [-0.1, -0.05) is 42.2 Å². The Balaban J connectivity index is 1.61. The van der Waals surface area contributed by atoms with Crippen molar-refractivity contribution in [2.75, 3.05) is 12.3 Å². The van der Waals surface area contributed by atoms with Gasteiger partial charge in [-0.3, -0.25) is 19.0 Å². The molecule has 4 N–H and O–H groups in total. The van der Waals surface area contributed by atoms with Crippen LogP contribution in [0.15, 0.2) is 77.7 Å². The first-order chi connectivity index (χ1) is 18.8. The molecule has 0 saturated carbocycles. The number of carbonyl (C=O) groups is 2. The van der Waals surface area contributed by atoms with Crippen LogP contribution in [0.5, 0.6) is 0 Å². The minimum Gasteiger partial charge on any atom is -0.382 e. The van der Waals surface area contributed by atoms with Gasteiger partial charge >= 0.3 is 0 Å². The normalized spacial score (nSPS) is 11.5. The molecule has 194 valence electrons. The summed E-state index contributed by atoms with van der Waals surface area (Å²) in [7, 11) is 0. The molecular formula is C29H25N7O3. The molecule has 3 heterocycles. The van der Waals surface area contributed by atoms with Gasteiger partial charge < -0.3 is 16.4 Å². The lowest BCUT2D eigenvalue weighted by molar-refractivity contribution is -0.118. The van der Waals surface area contributed by atoms with Crippen molar-refractivity contribution in [1.29, 1.82) is 0 Å². The third-order valence-corrected chi connectivity index (χ3v) is 6.16. The fraction of sp³-hybridized carbons (Fsp3) is 0.138. The molecule has 10 heteroatoms. The molecule has 0 unspecified atom stereocenters. The smallest absolute Gasteiger partial charge is 0.274 e. The van der Waals surface area contributed by atoms with Gasteiger partial charge in [-0.15, -0.1) is 0 Å². The largest absolute Gasteiger partial charge is 0.382 e. The Kier molecular flexibility index (Phi) is 6.80. The molecule has 0 fully saturated rings. The predicted molar refractivity (Wildman–Crippen MR) is 148 cm³/mol. The van der Waals surface area contributed by atoms with Crippen LogP contribution in [-0.2, 0) is 4.79 Å². The number of benzene rings is 2. The maximum Gasteiger partial charge on any atom is 0.274 e. The number of para-hydroxylation sites is 1. The van der Waals surface area contributed by atoms with Crippen LogP contribution in [0.25, 0.3) is 22.1 Å². The molecule has 1 atom stereocenters. The highest BCUT2D eigenvalue weighted by Crippen LogP contribution is 2.24. The van der Waals surface area contributed by atoms with Crippen molar-refractivity contribution in [3.8, 4) is 17.5 Å². The van der Waals surface area contributed by atoms with E-state index in [4.69, 9.17) is 5.73 Å². The number of pyridine rings is 1. The number of aromatic nitrogens is 4. The number of rotatable bonds is 5. The van der Waals surface area contributed by atoms with Gasteiger partial charge in [0, 0.05) is 30.1 Å². The first-order valence-electron chi connectivity index (χ1n) is 12.2. The number of nitrogens with one attached hydrogen (secondary N) is 2. The minimum atomic E-state index is -0.599. The highest BCUT2D eigenvalue weighted by atomic mass is 16.2. The third kappa shape index (κ3) is 4.93. The predicted octanol–water partition coefficient (Wildman–Crippen LogP) is 2.59. The number of anilines is 1. The highest BCUT2D eigenvalue weighted by molar-refractivity contribution is 5.98. The first-order valence-corrected chi connectivity index (χ1v) is 12.2. The van der Waals surface area contributed by atoms with E-state index in [1.165, 1.54) is 11.4 Å². The standard InChI is InChI=1S/C29H25N7O3/c1-18(33-28(38)26-27(30)34-24-14-8-16-32-36(24)26)23-17-21-10-6-9-20(11-7-15-31-19(2)37)25(21)29(39)35(23)22-12-4-3-5-13-22/h3-6,8-10,12-14,16-18H,15,30H2,1-2H3,(H,31,37)(H,33,38)/t18-/m1/s1. The second kappa shape index (κ2) is 10.5. The van der Waals surface area contributed by atoms with Crippen LogP contribution in [0.2, 0.25) is 0 Å². The average molecular weight is 520 g/mol. The van der Waals surface area contributed by atoms with E-state index in [1.807, 2.05) is 48.5 Å². The van der Waals surface area contributed by atoms with E-state index in [2.05, 4.69) is 32.6 Å². The number of carbonyl (C=O) groups excluding carboxylic acids is 2. The van der Waals surface area contributed by atoms with Crippen LogP contribution in [0.3, 0.4) is 0 Å². The lowest BCUT2D eigenvalue weighted by Gasteiger charge is -2.21. The van der Waals surface area contributed by atoms with Crippen LogP contribution < -0.4 is 21.9 Å². The van der Waals surface area contributed by atoms with Crippen LogP contribution >= 0.6 is 0 Å². The van der Waals surface area contributed by atoms with E-state index in [-0.39, 0.29) is 29.5 Å². The van der Waals surface area contributed by atoms with Crippen molar-refractivity contribution < 1.29 is 9.59 Å². The van der Waals surface area contributed by atoms with Crippen molar-refractivity contribution in [2.24, 2.45) is 0 Å². The van der Waals surface area contributed by atoms with E-state index in [0.717, 1.165) is 0 Å². The monoisotopic (exact) mass is 519 g/mol. The molecule has 0 saturated heterocycles. The molecule has 0 spiro atoms. The molecule has 2 aromatic carbocycles. The van der Waals surface area contributed by atoms with Gasteiger partial charge in [0.15, 0.2) is 17.2 Å². The zero-order chi connectivity index (χ0) is 27.5. The van der Waals surface area contributed by atoms with Gasteiger partial charge in [0.05, 0.1) is 18.0 Å². The summed E-state index contributed by atoms with van der Waals surface area (Å²) in [6, 6.07) is 19.3. The topological polar surface area (TPSA) is 136 Å². The Morgan fingerprint density at radius 3 is 2.64 bits per heavy atom. The maximum absolute atomic E-state index is 14.0. The SMILES string of the molecule is CC(=O)NCC#Cc1cccc2cc([C@@H](C)NC(=O)c3c(N)nc4cccnn34)n(-c3ccccc3)c(=O)c12. The van der Waals surface area contributed by atoms with E-state index >= 15 is 0 Å². The van der Waals surface area contributed by atoms with E-state index in [0.29, 0.717) is 33.4 Å². The summed E-state index contributed by atoms with van der Waals surface area (Å²) in [5, 5.41) is 10.9. The lowest BCUT2D eigenvalue weighted by Crippen LogP contribution is -2.33. The molecule has 0 radical (unpaired) electrons. The van der Waals surface area contributed by atoms with E-state index in [9.17, 15) is 14.4 Å². The second-order valence-corrected chi connectivity index (χ2v) is 8.86. The summed E-state index contributed by atoms with van der Waals surface area (Å²) in [5.74, 6) is 5.30. The molecular weight excluding hydrogens is 494 g/mol. The Hall–Kier alpha value is -5.43. The van der Waals surface area contributed by atoms with Gasteiger partial charge in [-0.05, 0) is 48.7 Å². The Morgan fingerprint density at radius 1 is 1.08 bits per heavy atom. The Bertz CT molecular complexity index is 1850. The lowest BCUT2D eigenvalue weighted by atomic mass is 10.0. The first kappa shape index (κ1) is 25.2. The molecule has 5 rings (SSSR count). The van der Waals surface area contributed by atoms with Crippen molar-refractivity contribution in [3.63, 3.8) is 0 Å². The number of imidazole rings is 1. The summed E-state index contributed by atoms with van der Waals surface area (Å²) in [4.78, 5) is 42.8. The number of amides is 2. The number of nitrogen functional groups attached to an aromatic ring is 1. The van der Waals surface area contributed by atoms with Crippen molar-refractivity contribution in [2.45, 2.75) is 19.9 Å². The number of fused-ring (bicyclic) bond motifs is 2. The number of hydrogen-bond donors (Lipinski definition) is 3. The highest BCUT2D eigenvalue weighted by Gasteiger charge is 2.23. The summed E-state index contributed by atoms with van der Waals surface area (Å²) in [6.45, 7) is 3.38. The van der Waals surface area contributed by atoms with Crippen LogP contribution in [-0.4, -0.2) is 37.5 Å². The molecule has 3 aromatic heterocycles. The molecule has 0 aliphatic rings. The number of nitrogens with zero attached hydrogens (tertiary/aromatic N) is 4. The van der Waals surface area contributed by atoms with Gasteiger partial charge in [0.25, 0.3) is 11.5 Å². The average Bonchev–Trinajstić information content (AvgIpc) is 3.27. The molecule has 0 bridgehead atoms. The Labute approximate surface area is 223 Å². The molecule has 39 heavy (non-hydrogen) atoms. The molecule has 2 amide bonds. The van der Waals surface area contributed by atoms with E-state index < -0.39 is 11.9 Å². The van der Waals surface area contributed by atoms with Crippen molar-refractivity contribution in [3.05, 3.63) is 100 Å². The molecule has 10 nitrogen and oxygen atoms in total. The second-order valence-electron chi connectivity index (χ2n) is 8.86. The zero-order valence-corrected chi connectivity index (χ0v) is 21.3. The zero-order valence-electron chi connectivity index (χ0n) is 21.3. The fourth-order valence-corrected chi connectivity index (χ4v) is 4.41. The van der Waals surface area contributed by atoms with Gasteiger partial charge in [0.1, 0.15) is 0 Å². The third-order valence-electron chi connectivity index (χ3n) is 6.16. The summed E-state index contributed by atoms with van der Waals surface area (Å²) >= 11 is 0. The molecule has 5 aromatic rings. The van der Waals surface area contributed by atoms with Gasteiger partial charge in [-0.2, -0.15) is 5.10 Å². The van der Waals surface area contributed by atoms with Gasteiger partial charge in [-0.25, -0.2) is 9.50 Å². The maximum atomic E-state index is 14.0. The number of hydrogen-bond acceptors (Lipinski definition) is 6. The minimum absolute atomic E-state index is 0.0554. The fourth-order valence-electron chi connectivity index (χ4n) is 4.41. The van der Waals surface area contributed by atoms with Crippen LogP contribution in [0.4, 0.5) is 5.82 Å². The quantitative estimate of drug-likeness (QED) is 0.305. The van der Waals surface area contributed by atoms with E-state index in [1.54, 1.807) is 35.9 Å². The van der Waals surface area contributed by atoms with Crippen LogP contribution in [0, 0.1) is 11.8 Å². The van der Waals surface area contributed by atoms with Crippen molar-refractivity contribution in [1.82, 2.24) is 29.8 Å². The number of nitrogens with two attached hydrogens (primary N) is 1. The molecule has 0 aliphatic heterocycles.